The Kier molecular flexibility index (Phi) is 5.44. The summed E-state index contributed by atoms with van der Waals surface area (Å²) in [5, 5.41) is 10.2. The maximum atomic E-state index is 10.2. The van der Waals surface area contributed by atoms with E-state index in [0.29, 0.717) is 11.5 Å². The molecule has 1 aromatic rings. The number of rotatable bonds is 6. The molecule has 4 heteroatoms. The summed E-state index contributed by atoms with van der Waals surface area (Å²) in [6, 6.07) is 4.96. The summed E-state index contributed by atoms with van der Waals surface area (Å²) in [5.74, 6) is 1.41. The van der Waals surface area contributed by atoms with Crippen molar-refractivity contribution in [2.45, 2.75) is 32.4 Å². The number of aliphatic hydroxyl groups excluding tert-OH is 1. The third-order valence-corrected chi connectivity index (χ3v) is 3.39. The second kappa shape index (κ2) is 6.61. The van der Waals surface area contributed by atoms with Crippen LogP contribution in [0.5, 0.6) is 11.5 Å². The lowest BCUT2D eigenvalue weighted by molar-refractivity contribution is 0.0861. The lowest BCUT2D eigenvalue weighted by atomic mass is 9.90. The molecule has 0 aliphatic heterocycles. The fourth-order valence-corrected chi connectivity index (χ4v) is 1.97. The van der Waals surface area contributed by atoms with E-state index < -0.39 is 12.1 Å². The van der Waals surface area contributed by atoms with Crippen LogP contribution in [-0.4, -0.2) is 25.4 Å². The van der Waals surface area contributed by atoms with E-state index in [1.165, 1.54) is 0 Å². The van der Waals surface area contributed by atoms with Gasteiger partial charge in [-0.05, 0) is 18.1 Å². The number of benzene rings is 1. The number of aliphatic hydroxyl groups is 1. The van der Waals surface area contributed by atoms with Crippen LogP contribution in [0.4, 0.5) is 0 Å². The van der Waals surface area contributed by atoms with Crippen molar-refractivity contribution in [3.8, 4) is 11.5 Å². The summed E-state index contributed by atoms with van der Waals surface area (Å²) in [6.45, 7) is 4.01. The van der Waals surface area contributed by atoms with Crippen LogP contribution >= 0.6 is 0 Å². The van der Waals surface area contributed by atoms with Crippen LogP contribution in [0.25, 0.3) is 0 Å². The van der Waals surface area contributed by atoms with Gasteiger partial charge in [0.25, 0.3) is 0 Å². The van der Waals surface area contributed by atoms with Crippen molar-refractivity contribution >= 4 is 0 Å². The first-order valence-electron chi connectivity index (χ1n) is 6.21. The van der Waals surface area contributed by atoms with Crippen molar-refractivity contribution < 1.29 is 14.6 Å². The van der Waals surface area contributed by atoms with E-state index in [2.05, 4.69) is 0 Å². The van der Waals surface area contributed by atoms with Crippen molar-refractivity contribution in [2.75, 3.05) is 14.2 Å². The van der Waals surface area contributed by atoms with Gasteiger partial charge in [0.2, 0.25) is 0 Å². The van der Waals surface area contributed by atoms with Gasteiger partial charge in [-0.1, -0.05) is 26.3 Å². The molecule has 1 unspecified atom stereocenters. The summed E-state index contributed by atoms with van der Waals surface area (Å²) in [5.41, 5.74) is 6.88. The van der Waals surface area contributed by atoms with Gasteiger partial charge in [-0.2, -0.15) is 0 Å². The Balaban J connectivity index is 3.13. The molecule has 1 aromatic carbocycles. The largest absolute Gasteiger partial charge is 0.496 e. The van der Waals surface area contributed by atoms with E-state index in [9.17, 15) is 5.11 Å². The summed E-state index contributed by atoms with van der Waals surface area (Å²) in [6.07, 6.45) is 0.243. The molecule has 0 heterocycles. The molecule has 0 saturated carbocycles. The molecule has 3 N–H and O–H groups in total. The number of nitrogens with two attached hydrogens (primary N) is 1. The van der Waals surface area contributed by atoms with Gasteiger partial charge in [0, 0.05) is 0 Å². The molecule has 102 valence electrons. The average molecular weight is 253 g/mol. The first kappa shape index (κ1) is 14.8. The molecule has 1 rings (SSSR count). The highest BCUT2D eigenvalue weighted by Crippen LogP contribution is 2.36. The highest BCUT2D eigenvalue weighted by molar-refractivity contribution is 5.47. The summed E-state index contributed by atoms with van der Waals surface area (Å²) < 4.78 is 10.6. The lowest BCUT2D eigenvalue weighted by Crippen LogP contribution is -2.32. The van der Waals surface area contributed by atoms with Crippen molar-refractivity contribution in [2.24, 2.45) is 11.7 Å². The molecule has 0 aliphatic rings. The fourth-order valence-electron chi connectivity index (χ4n) is 1.97. The monoisotopic (exact) mass is 253 g/mol. The van der Waals surface area contributed by atoms with Gasteiger partial charge in [0.15, 0.2) is 0 Å². The predicted octanol–water partition coefficient (Wildman–Crippen LogP) is 2.11. The molecule has 0 spiro atoms. The van der Waals surface area contributed by atoms with Gasteiger partial charge in [-0.3, -0.25) is 0 Å². The zero-order valence-corrected chi connectivity index (χ0v) is 11.5. The fraction of sp³-hybridized carbons (Fsp3) is 0.571. The molecule has 0 bridgehead atoms. The van der Waals surface area contributed by atoms with Crippen molar-refractivity contribution in [1.82, 2.24) is 0 Å². The number of hydrogen-bond donors (Lipinski definition) is 2. The highest BCUT2D eigenvalue weighted by Gasteiger charge is 2.27. The molecule has 18 heavy (non-hydrogen) atoms. The molecule has 0 saturated heterocycles. The Morgan fingerprint density at radius 1 is 1.22 bits per heavy atom. The van der Waals surface area contributed by atoms with Crippen molar-refractivity contribution in [1.29, 1.82) is 0 Å². The van der Waals surface area contributed by atoms with Crippen LogP contribution in [0.2, 0.25) is 0 Å². The van der Waals surface area contributed by atoms with Gasteiger partial charge in [-0.25, -0.2) is 0 Å². The van der Waals surface area contributed by atoms with Crippen LogP contribution in [-0.2, 0) is 0 Å². The number of methoxy groups -OCH3 is 2. The Labute approximate surface area is 109 Å². The topological polar surface area (TPSA) is 64.7 Å². The van der Waals surface area contributed by atoms with Crippen LogP contribution in [0.1, 0.15) is 31.9 Å². The third kappa shape index (κ3) is 2.94. The van der Waals surface area contributed by atoms with Crippen LogP contribution < -0.4 is 15.2 Å². The van der Waals surface area contributed by atoms with E-state index in [1.54, 1.807) is 14.2 Å². The lowest BCUT2D eigenvalue weighted by Gasteiger charge is -2.26. The first-order valence-corrected chi connectivity index (χ1v) is 6.21. The van der Waals surface area contributed by atoms with Gasteiger partial charge in [0.05, 0.1) is 31.9 Å². The van der Waals surface area contributed by atoms with Crippen LogP contribution in [0.15, 0.2) is 18.2 Å². The Morgan fingerprint density at radius 3 is 2.11 bits per heavy atom. The molecular weight excluding hydrogens is 230 g/mol. The molecule has 0 radical (unpaired) electrons. The number of hydrogen-bond acceptors (Lipinski definition) is 4. The highest BCUT2D eigenvalue weighted by atomic mass is 16.5. The van der Waals surface area contributed by atoms with Gasteiger partial charge >= 0.3 is 0 Å². The standard InChI is InChI=1S/C14H23NO3/c1-5-9(2)14(16)13(15)12-10(17-3)7-6-8-11(12)18-4/h6-9,13-14,16H,5,15H2,1-4H3/t9?,13-,14+/m1/s1. The van der Waals surface area contributed by atoms with Gasteiger partial charge in [-0.15, -0.1) is 0 Å². The Morgan fingerprint density at radius 2 is 1.72 bits per heavy atom. The minimum absolute atomic E-state index is 0.120. The first-order chi connectivity index (χ1) is 8.56. The Hall–Kier alpha value is -1.26. The van der Waals surface area contributed by atoms with Gasteiger partial charge < -0.3 is 20.3 Å². The zero-order valence-electron chi connectivity index (χ0n) is 11.5. The summed E-state index contributed by atoms with van der Waals surface area (Å²) >= 11 is 0. The van der Waals surface area contributed by atoms with E-state index in [0.717, 1.165) is 12.0 Å². The molecule has 0 aromatic heterocycles. The second-order valence-corrected chi connectivity index (χ2v) is 4.48. The second-order valence-electron chi connectivity index (χ2n) is 4.48. The van der Waals surface area contributed by atoms with Crippen LogP contribution in [0.3, 0.4) is 0 Å². The maximum absolute atomic E-state index is 10.2. The molecule has 0 aliphatic carbocycles. The normalized spacial score (nSPS) is 15.9. The Bertz CT molecular complexity index is 359. The van der Waals surface area contributed by atoms with Crippen LogP contribution in [0, 0.1) is 5.92 Å². The van der Waals surface area contributed by atoms with Gasteiger partial charge in [0.1, 0.15) is 11.5 Å². The van der Waals surface area contributed by atoms with E-state index in [4.69, 9.17) is 15.2 Å². The third-order valence-electron chi connectivity index (χ3n) is 3.39. The molecular formula is C14H23NO3. The van der Waals surface area contributed by atoms with E-state index in [1.807, 2.05) is 32.0 Å². The quantitative estimate of drug-likeness (QED) is 0.815. The minimum Gasteiger partial charge on any atom is -0.496 e. The molecule has 3 atom stereocenters. The minimum atomic E-state index is -0.625. The summed E-state index contributed by atoms with van der Waals surface area (Å²) in [4.78, 5) is 0. The van der Waals surface area contributed by atoms with E-state index in [-0.39, 0.29) is 5.92 Å². The SMILES string of the molecule is CCC(C)[C@H](O)[C@H](N)c1c(OC)cccc1OC. The zero-order chi connectivity index (χ0) is 13.7. The smallest absolute Gasteiger partial charge is 0.127 e. The maximum Gasteiger partial charge on any atom is 0.127 e. The summed E-state index contributed by atoms with van der Waals surface area (Å²) in [7, 11) is 3.17. The predicted molar refractivity (Wildman–Crippen MR) is 71.9 cm³/mol. The van der Waals surface area contributed by atoms with Crippen molar-refractivity contribution in [3.63, 3.8) is 0 Å². The van der Waals surface area contributed by atoms with Crippen molar-refractivity contribution in [3.05, 3.63) is 23.8 Å². The number of ether oxygens (including phenoxy) is 2. The molecule has 0 amide bonds. The molecule has 0 fully saturated rings. The molecule has 4 nitrogen and oxygen atoms in total. The van der Waals surface area contributed by atoms with E-state index >= 15 is 0 Å². The average Bonchev–Trinajstić information content (AvgIpc) is 2.43.